The van der Waals surface area contributed by atoms with Crippen LogP contribution < -0.4 is 10.6 Å². The molecule has 1 saturated carbocycles. The fraction of sp³-hybridized carbons (Fsp3) is 0.841. The lowest BCUT2D eigenvalue weighted by Gasteiger charge is -2.36. The van der Waals surface area contributed by atoms with E-state index in [1.165, 1.54) is 51.4 Å². The van der Waals surface area contributed by atoms with Crippen molar-refractivity contribution in [2.45, 2.75) is 193 Å². The zero-order valence-electron chi connectivity index (χ0n) is 33.8. The van der Waals surface area contributed by atoms with Gasteiger partial charge in [0, 0.05) is 38.9 Å². The van der Waals surface area contributed by atoms with Crippen molar-refractivity contribution in [1.82, 2.24) is 15.5 Å². The monoisotopic (exact) mass is 716 g/mol. The van der Waals surface area contributed by atoms with Gasteiger partial charge < -0.3 is 20.3 Å². The maximum Gasteiger partial charge on any atom is 0.306 e. The summed E-state index contributed by atoms with van der Waals surface area (Å²) in [5.74, 6) is 1.49. The molecule has 51 heavy (non-hydrogen) atoms. The Morgan fingerprint density at radius 3 is 1.53 bits per heavy atom. The molecule has 0 atom stereocenters. The van der Waals surface area contributed by atoms with E-state index >= 15 is 0 Å². The first-order chi connectivity index (χ1) is 24.8. The number of nitrogens with zero attached hydrogens (tertiary/aromatic N) is 1. The van der Waals surface area contributed by atoms with Crippen LogP contribution in [-0.2, 0) is 19.1 Å². The smallest absolute Gasteiger partial charge is 0.306 e. The van der Waals surface area contributed by atoms with Crippen LogP contribution in [-0.4, -0.2) is 62.5 Å². The number of amides is 2. The highest BCUT2D eigenvalue weighted by molar-refractivity contribution is 5.76. The van der Waals surface area contributed by atoms with Crippen molar-refractivity contribution in [3.63, 3.8) is 0 Å². The normalized spacial score (nSPS) is 16.0. The summed E-state index contributed by atoms with van der Waals surface area (Å²) in [4.78, 5) is 39.4. The number of hydrogen-bond donors (Lipinski definition) is 2. The summed E-state index contributed by atoms with van der Waals surface area (Å²) < 4.78 is 6.08. The number of allylic oxidation sites excluding steroid dienone is 2. The van der Waals surface area contributed by atoms with E-state index in [1.807, 2.05) is 0 Å². The molecule has 0 spiro atoms. The van der Waals surface area contributed by atoms with Crippen LogP contribution in [0.1, 0.15) is 187 Å². The average molecular weight is 716 g/mol. The molecule has 7 heteroatoms. The number of carbonyl (C=O) groups is 3. The lowest BCUT2D eigenvalue weighted by molar-refractivity contribution is -0.152. The van der Waals surface area contributed by atoms with Crippen molar-refractivity contribution >= 4 is 17.8 Å². The molecule has 0 radical (unpaired) electrons. The SMILES string of the molecule is CCCCCC/C=C\CNC(=O)CCCCCCCC(CCCCCCCC(=O)NC/C=C\CCCCCC)OC(=O)CC1CC(CN(C)C)C1. The number of nitrogens with one attached hydrogen (secondary N) is 2. The zero-order chi connectivity index (χ0) is 37.2. The van der Waals surface area contributed by atoms with Crippen molar-refractivity contribution in [3.05, 3.63) is 24.3 Å². The lowest BCUT2D eigenvalue weighted by atomic mass is 9.73. The van der Waals surface area contributed by atoms with Gasteiger partial charge in [-0.25, -0.2) is 0 Å². The Labute approximate surface area is 315 Å². The van der Waals surface area contributed by atoms with Crippen LogP contribution in [0.2, 0.25) is 0 Å². The van der Waals surface area contributed by atoms with E-state index in [-0.39, 0.29) is 23.9 Å². The average Bonchev–Trinajstić information content (AvgIpc) is 3.08. The molecule has 0 aromatic heterocycles. The van der Waals surface area contributed by atoms with Gasteiger partial charge in [-0.1, -0.05) is 115 Å². The summed E-state index contributed by atoms with van der Waals surface area (Å²) in [5.41, 5.74) is 0. The largest absolute Gasteiger partial charge is 0.462 e. The van der Waals surface area contributed by atoms with Crippen LogP contribution in [0.25, 0.3) is 0 Å². The van der Waals surface area contributed by atoms with Gasteiger partial charge in [-0.3, -0.25) is 14.4 Å². The van der Waals surface area contributed by atoms with Crippen LogP contribution in [0.5, 0.6) is 0 Å². The van der Waals surface area contributed by atoms with Gasteiger partial charge in [-0.15, -0.1) is 0 Å². The van der Waals surface area contributed by atoms with Crippen molar-refractivity contribution in [2.24, 2.45) is 11.8 Å². The highest BCUT2D eigenvalue weighted by Gasteiger charge is 2.31. The fourth-order valence-electron chi connectivity index (χ4n) is 7.12. The third kappa shape index (κ3) is 30.1. The Morgan fingerprint density at radius 2 is 1.06 bits per heavy atom. The first-order valence-electron chi connectivity index (χ1n) is 21.5. The number of carbonyl (C=O) groups excluding carboxylic acids is 3. The summed E-state index contributed by atoms with van der Waals surface area (Å²) in [6.45, 7) is 6.84. The zero-order valence-corrected chi connectivity index (χ0v) is 33.8. The van der Waals surface area contributed by atoms with Gasteiger partial charge in [-0.05, 0) is 103 Å². The van der Waals surface area contributed by atoms with Crippen molar-refractivity contribution in [1.29, 1.82) is 0 Å². The molecule has 0 heterocycles. The minimum absolute atomic E-state index is 0.00565. The quantitative estimate of drug-likeness (QED) is 0.0387. The number of hydrogen-bond acceptors (Lipinski definition) is 5. The van der Waals surface area contributed by atoms with E-state index in [0.29, 0.717) is 38.3 Å². The van der Waals surface area contributed by atoms with E-state index < -0.39 is 0 Å². The molecule has 1 aliphatic rings. The summed E-state index contributed by atoms with van der Waals surface area (Å²) >= 11 is 0. The number of ether oxygens (including phenoxy) is 1. The van der Waals surface area contributed by atoms with E-state index in [1.54, 1.807) is 0 Å². The number of rotatable bonds is 35. The molecule has 0 aliphatic heterocycles. The molecule has 7 nitrogen and oxygen atoms in total. The molecule has 0 saturated heterocycles. The topological polar surface area (TPSA) is 87.7 Å². The lowest BCUT2D eigenvalue weighted by Crippen LogP contribution is -2.34. The van der Waals surface area contributed by atoms with Gasteiger partial charge in [0.2, 0.25) is 11.8 Å². The molecule has 1 fully saturated rings. The van der Waals surface area contributed by atoms with Crippen molar-refractivity contribution in [2.75, 3.05) is 33.7 Å². The number of unbranched alkanes of at least 4 members (excludes halogenated alkanes) is 16. The van der Waals surface area contributed by atoms with Gasteiger partial charge in [-0.2, -0.15) is 0 Å². The van der Waals surface area contributed by atoms with Crippen LogP contribution in [0.3, 0.4) is 0 Å². The predicted octanol–water partition coefficient (Wildman–Crippen LogP) is 10.6. The van der Waals surface area contributed by atoms with Crippen LogP contribution in [0.4, 0.5) is 0 Å². The molecular weight excluding hydrogens is 635 g/mol. The summed E-state index contributed by atoms with van der Waals surface area (Å²) in [6, 6.07) is 0. The predicted molar refractivity (Wildman–Crippen MR) is 216 cm³/mol. The summed E-state index contributed by atoms with van der Waals surface area (Å²) in [7, 11) is 4.24. The molecule has 1 rings (SSSR count). The summed E-state index contributed by atoms with van der Waals surface area (Å²) in [5, 5.41) is 6.03. The highest BCUT2D eigenvalue weighted by atomic mass is 16.5. The molecular formula is C44H81N3O4. The molecule has 1 aliphatic carbocycles. The molecule has 0 bridgehead atoms. The standard InChI is InChI=1S/C44H81N3O4/c1-5-7-9-11-13-21-27-33-45-42(48)31-25-19-15-17-23-29-41(51-44(50)37-39-35-40(36-39)38-47(3)4)30-24-18-16-20-26-32-43(49)46-34-28-22-14-12-10-8-6-2/h21-22,27-28,39-41H,5-20,23-26,29-38H2,1-4H3,(H,45,48)(H,46,49)/b27-21-,28-22-. The van der Waals surface area contributed by atoms with Crippen molar-refractivity contribution < 1.29 is 19.1 Å². The van der Waals surface area contributed by atoms with E-state index in [0.717, 1.165) is 115 Å². The Morgan fingerprint density at radius 1 is 0.608 bits per heavy atom. The second kappa shape index (κ2) is 33.7. The maximum absolute atomic E-state index is 12.9. The Kier molecular flexibility index (Phi) is 30.9. The first kappa shape index (κ1) is 46.9. The van der Waals surface area contributed by atoms with Gasteiger partial charge in [0.05, 0.1) is 0 Å². The molecule has 0 aromatic carbocycles. The fourth-order valence-corrected chi connectivity index (χ4v) is 7.12. The Hall–Kier alpha value is -2.15. The van der Waals surface area contributed by atoms with Crippen LogP contribution in [0.15, 0.2) is 24.3 Å². The van der Waals surface area contributed by atoms with Gasteiger partial charge in [0.1, 0.15) is 6.10 Å². The molecule has 0 aromatic rings. The Bertz CT molecular complexity index is 860. The first-order valence-corrected chi connectivity index (χ1v) is 21.5. The second-order valence-corrected chi connectivity index (χ2v) is 15.6. The number of esters is 1. The van der Waals surface area contributed by atoms with Crippen LogP contribution >= 0.6 is 0 Å². The summed E-state index contributed by atoms with van der Waals surface area (Å²) in [6.07, 6.45) is 37.4. The van der Waals surface area contributed by atoms with Crippen molar-refractivity contribution in [3.8, 4) is 0 Å². The van der Waals surface area contributed by atoms with E-state index in [2.05, 4.69) is 67.8 Å². The van der Waals surface area contributed by atoms with Gasteiger partial charge in [0.25, 0.3) is 0 Å². The Balaban J connectivity index is 2.23. The van der Waals surface area contributed by atoms with Gasteiger partial charge in [0.15, 0.2) is 0 Å². The maximum atomic E-state index is 12.9. The van der Waals surface area contributed by atoms with E-state index in [4.69, 9.17) is 4.74 Å². The minimum atomic E-state index is -0.0111. The molecule has 2 N–H and O–H groups in total. The van der Waals surface area contributed by atoms with Crippen LogP contribution in [0, 0.1) is 11.8 Å². The highest BCUT2D eigenvalue weighted by Crippen LogP contribution is 2.36. The molecule has 2 amide bonds. The third-order valence-corrected chi connectivity index (χ3v) is 10.2. The third-order valence-electron chi connectivity index (χ3n) is 10.2. The second-order valence-electron chi connectivity index (χ2n) is 15.6. The molecule has 296 valence electrons. The minimum Gasteiger partial charge on any atom is -0.462 e. The van der Waals surface area contributed by atoms with E-state index in [9.17, 15) is 14.4 Å². The molecule has 0 unspecified atom stereocenters. The van der Waals surface area contributed by atoms with Gasteiger partial charge >= 0.3 is 5.97 Å².